The van der Waals surface area contributed by atoms with Crippen molar-refractivity contribution in [3.8, 4) is 11.8 Å². The lowest BCUT2D eigenvalue weighted by Crippen LogP contribution is -2.67. The molecule has 10 nitrogen and oxygen atoms in total. The minimum atomic E-state index is -1.27. The van der Waals surface area contributed by atoms with Gasteiger partial charge in [0.15, 0.2) is 0 Å². The summed E-state index contributed by atoms with van der Waals surface area (Å²) >= 11 is 0. The molecule has 4 aliphatic carbocycles. The maximum Gasteiger partial charge on any atom is 0.268 e. The number of fused-ring (bicyclic) bond motifs is 3. The summed E-state index contributed by atoms with van der Waals surface area (Å²) in [4.78, 5) is 55.2. The molecule has 5 fully saturated rings. The molecule has 2 aromatic rings. The van der Waals surface area contributed by atoms with E-state index in [1.54, 1.807) is 13.2 Å². The van der Waals surface area contributed by atoms with Crippen LogP contribution >= 0.6 is 0 Å². The van der Waals surface area contributed by atoms with E-state index in [-0.39, 0.29) is 23.7 Å². The van der Waals surface area contributed by atoms with Crippen LogP contribution in [0, 0.1) is 46.8 Å². The number of imide groups is 1. The van der Waals surface area contributed by atoms with E-state index in [4.69, 9.17) is 4.74 Å². The van der Waals surface area contributed by atoms with E-state index in [9.17, 15) is 24.4 Å². The van der Waals surface area contributed by atoms with Gasteiger partial charge in [-0.1, -0.05) is 25.8 Å². The number of hydrogen-bond donors (Lipinski definition) is 4. The van der Waals surface area contributed by atoms with Crippen molar-refractivity contribution in [3.05, 3.63) is 30.0 Å². The molecule has 2 heterocycles. The quantitative estimate of drug-likeness (QED) is 0.412. The maximum atomic E-state index is 13.7. The van der Waals surface area contributed by atoms with Crippen LogP contribution in [0.4, 0.5) is 0 Å². The first-order chi connectivity index (χ1) is 18.2. The van der Waals surface area contributed by atoms with E-state index in [1.165, 1.54) is 0 Å². The number of ether oxygens (including phenoxy) is 1. The summed E-state index contributed by atoms with van der Waals surface area (Å²) in [5.41, 5.74) is -0.215. The molecule has 1 saturated heterocycles. The smallest absolute Gasteiger partial charge is 0.268 e. The largest absolute Gasteiger partial charge is 0.496 e. The number of carbonyl (C=O) groups excluding carboxylic acids is 4. The lowest BCUT2D eigenvalue weighted by Gasteiger charge is -2.55. The van der Waals surface area contributed by atoms with Crippen LogP contribution in [0.3, 0.4) is 0 Å². The standard InChI is InChI=1S/C28H31N5O5/c1-13-8-17-23-22(26(36)32-27(23)37)16(13)11-28(17,12-29)33-25(35)19(9-14-6-7-14)31-24(34)20-10-15-18(30-20)4-3-5-21(15)38-2/h3-5,10,13-14,16-17,19,22-23,30H,6-9,11H2,1-2H3,(H,31,34)(H,33,35)(H,32,36,37)/t13-,16+,17-,19-,22-,23+,28+/m0/s1. The number of aromatic amines is 1. The fourth-order valence-electron chi connectivity index (χ4n) is 7.13. The van der Waals surface area contributed by atoms with Crippen molar-refractivity contribution >= 4 is 34.5 Å². The number of H-pyrrole nitrogens is 1. The number of benzene rings is 1. The molecule has 198 valence electrons. The second kappa shape index (κ2) is 8.86. The summed E-state index contributed by atoms with van der Waals surface area (Å²) < 4.78 is 5.39. The van der Waals surface area contributed by atoms with Gasteiger partial charge in [-0.15, -0.1) is 0 Å². The highest BCUT2D eigenvalue weighted by Crippen LogP contribution is 2.57. The van der Waals surface area contributed by atoms with Gasteiger partial charge in [0, 0.05) is 16.8 Å². The second-order valence-electron chi connectivity index (χ2n) is 11.5. The number of carbonyl (C=O) groups is 4. The first-order valence-corrected chi connectivity index (χ1v) is 13.3. The number of nitriles is 1. The van der Waals surface area contributed by atoms with Crippen LogP contribution in [0.15, 0.2) is 24.3 Å². The Morgan fingerprint density at radius 3 is 2.71 bits per heavy atom. The summed E-state index contributed by atoms with van der Waals surface area (Å²) in [6.07, 6.45) is 3.34. The molecule has 2 bridgehead atoms. The Balaban J connectivity index is 1.24. The highest BCUT2D eigenvalue weighted by Gasteiger charge is 2.66. The van der Waals surface area contributed by atoms with Gasteiger partial charge >= 0.3 is 0 Å². The van der Waals surface area contributed by atoms with Gasteiger partial charge < -0.3 is 20.4 Å². The lowest BCUT2D eigenvalue weighted by molar-refractivity contribution is -0.141. The Bertz CT molecular complexity index is 1390. The molecule has 0 radical (unpaired) electrons. The highest BCUT2D eigenvalue weighted by molar-refractivity contribution is 6.06. The number of nitrogens with zero attached hydrogens (tertiary/aromatic N) is 1. The van der Waals surface area contributed by atoms with Crippen molar-refractivity contribution in [3.63, 3.8) is 0 Å². The third-order valence-corrected chi connectivity index (χ3v) is 9.20. The SMILES string of the molecule is COc1cccc2[nH]c(C(=O)N[C@@H](CC3CC3)C(=O)N[C@@]3(C#N)C[C@H]4[C@@H]5C(=O)NC(=O)[C@@H]5[C@@H]3C[C@@H]4C)cc12. The van der Waals surface area contributed by atoms with Gasteiger partial charge in [0.05, 0.1) is 25.0 Å². The average Bonchev–Trinajstić information content (AvgIpc) is 3.52. The van der Waals surface area contributed by atoms with Gasteiger partial charge in [0.25, 0.3) is 5.91 Å². The Hall–Kier alpha value is -3.87. The van der Waals surface area contributed by atoms with E-state index < -0.39 is 41.1 Å². The summed E-state index contributed by atoms with van der Waals surface area (Å²) in [5.74, 6) is -2.05. The normalized spacial score (nSPS) is 32.3. The Morgan fingerprint density at radius 1 is 1.24 bits per heavy atom. The minimum Gasteiger partial charge on any atom is -0.496 e. The second-order valence-corrected chi connectivity index (χ2v) is 11.5. The monoisotopic (exact) mass is 517 g/mol. The Morgan fingerprint density at radius 2 is 2.00 bits per heavy atom. The average molecular weight is 518 g/mol. The molecule has 1 aromatic heterocycles. The van der Waals surface area contributed by atoms with Gasteiger partial charge in [-0.05, 0) is 55.2 Å². The van der Waals surface area contributed by atoms with E-state index in [2.05, 4.69) is 27.0 Å². The Kier molecular flexibility index (Phi) is 5.70. The molecule has 4 amide bonds. The van der Waals surface area contributed by atoms with Gasteiger partial charge in [-0.2, -0.15) is 5.26 Å². The van der Waals surface area contributed by atoms with E-state index in [0.717, 1.165) is 23.7 Å². The molecule has 1 aromatic carbocycles. The molecule has 4 N–H and O–H groups in total. The fraction of sp³-hybridized carbons (Fsp3) is 0.536. The molecule has 5 aliphatic rings. The van der Waals surface area contributed by atoms with Crippen molar-refractivity contribution < 1.29 is 23.9 Å². The van der Waals surface area contributed by atoms with Crippen LogP contribution in [0.1, 0.15) is 49.5 Å². The number of rotatable bonds is 7. The predicted octanol–water partition coefficient (Wildman–Crippen LogP) is 2.02. The molecule has 38 heavy (non-hydrogen) atoms. The summed E-state index contributed by atoms with van der Waals surface area (Å²) in [5, 5.41) is 19.4. The summed E-state index contributed by atoms with van der Waals surface area (Å²) in [6, 6.07) is 8.68. The van der Waals surface area contributed by atoms with Crippen LogP contribution in [0.25, 0.3) is 10.9 Å². The van der Waals surface area contributed by atoms with E-state index in [0.29, 0.717) is 36.6 Å². The van der Waals surface area contributed by atoms with Crippen molar-refractivity contribution in [1.82, 2.24) is 20.9 Å². The molecule has 10 heteroatoms. The fourth-order valence-corrected chi connectivity index (χ4v) is 7.13. The molecule has 7 atom stereocenters. The van der Waals surface area contributed by atoms with Crippen LogP contribution in [-0.4, -0.2) is 47.3 Å². The molecular weight excluding hydrogens is 486 g/mol. The van der Waals surface area contributed by atoms with Crippen molar-refractivity contribution in [1.29, 1.82) is 5.26 Å². The molecule has 7 rings (SSSR count). The third-order valence-electron chi connectivity index (χ3n) is 9.20. The van der Waals surface area contributed by atoms with E-state index >= 15 is 0 Å². The first kappa shape index (κ1) is 24.5. The van der Waals surface area contributed by atoms with Crippen LogP contribution in [0.2, 0.25) is 0 Å². The van der Waals surface area contributed by atoms with Gasteiger partial charge in [-0.25, -0.2) is 0 Å². The van der Waals surface area contributed by atoms with Crippen molar-refractivity contribution in [2.24, 2.45) is 35.5 Å². The number of amides is 4. The van der Waals surface area contributed by atoms with Crippen LogP contribution in [-0.2, 0) is 14.4 Å². The van der Waals surface area contributed by atoms with Gasteiger partial charge in [0.2, 0.25) is 17.7 Å². The molecular formula is C28H31N5O5. The number of nitrogens with one attached hydrogen (secondary N) is 4. The number of aromatic nitrogens is 1. The van der Waals surface area contributed by atoms with Crippen molar-refractivity contribution in [2.75, 3.05) is 7.11 Å². The zero-order valence-corrected chi connectivity index (χ0v) is 21.4. The Labute approximate surface area is 219 Å². The molecule has 0 unspecified atom stereocenters. The molecule has 1 aliphatic heterocycles. The van der Waals surface area contributed by atoms with Gasteiger partial charge in [-0.3, -0.25) is 24.5 Å². The third kappa shape index (κ3) is 3.83. The summed E-state index contributed by atoms with van der Waals surface area (Å²) in [7, 11) is 1.56. The van der Waals surface area contributed by atoms with Crippen LogP contribution in [0.5, 0.6) is 5.75 Å². The minimum absolute atomic E-state index is 0.164. The lowest BCUT2D eigenvalue weighted by atomic mass is 9.49. The van der Waals surface area contributed by atoms with Gasteiger partial charge in [0.1, 0.15) is 23.0 Å². The zero-order chi connectivity index (χ0) is 26.8. The predicted molar refractivity (Wildman–Crippen MR) is 135 cm³/mol. The number of methoxy groups -OCH3 is 1. The van der Waals surface area contributed by atoms with E-state index in [1.807, 2.05) is 25.1 Å². The number of hydrogen-bond acceptors (Lipinski definition) is 6. The topological polar surface area (TPSA) is 153 Å². The first-order valence-electron chi connectivity index (χ1n) is 13.3. The molecule has 0 spiro atoms. The van der Waals surface area contributed by atoms with Crippen molar-refractivity contribution in [2.45, 2.75) is 50.6 Å². The summed E-state index contributed by atoms with van der Waals surface area (Å²) in [6.45, 7) is 2.04. The zero-order valence-electron chi connectivity index (χ0n) is 21.4. The highest BCUT2D eigenvalue weighted by atomic mass is 16.5. The molecule has 4 saturated carbocycles. The maximum absolute atomic E-state index is 13.7. The van der Waals surface area contributed by atoms with Crippen LogP contribution < -0.4 is 20.7 Å².